The van der Waals surface area contributed by atoms with Crippen LogP contribution in [0.15, 0.2) is 65.6 Å². The number of aryl methyl sites for hydroxylation is 1. The number of methoxy groups -OCH3 is 2. The maximum absolute atomic E-state index is 12.8. The van der Waals surface area contributed by atoms with Gasteiger partial charge in [-0.2, -0.15) is 0 Å². The molecule has 0 fully saturated rings. The molecule has 0 bridgehead atoms. The number of nitrogens with one attached hydrogen (secondary N) is 1. The van der Waals surface area contributed by atoms with E-state index in [2.05, 4.69) is 4.72 Å². The van der Waals surface area contributed by atoms with Crippen molar-refractivity contribution in [3.05, 3.63) is 82.9 Å². The lowest BCUT2D eigenvalue weighted by Gasteiger charge is -2.13. The number of hydrogen-bond donors (Lipinski definition) is 2. The molecule has 0 aromatic heterocycles. The summed E-state index contributed by atoms with van der Waals surface area (Å²) in [5, 5.41) is 9.35. The summed E-state index contributed by atoms with van der Waals surface area (Å²) in [5.41, 5.74) is 2.68. The Labute approximate surface area is 195 Å². The lowest BCUT2D eigenvalue weighted by molar-refractivity contribution is 0.0695. The molecule has 8 heteroatoms. The van der Waals surface area contributed by atoms with Crippen molar-refractivity contribution in [1.82, 2.24) is 4.72 Å². The van der Waals surface area contributed by atoms with Crippen molar-refractivity contribution in [2.24, 2.45) is 0 Å². The minimum absolute atomic E-state index is 0.0942. The number of aromatic carboxylic acids is 1. The summed E-state index contributed by atoms with van der Waals surface area (Å²) in [6.07, 6.45) is 0.584. The minimum Gasteiger partial charge on any atom is -0.495 e. The summed E-state index contributed by atoms with van der Waals surface area (Å²) in [6, 6.07) is 18.5. The first-order chi connectivity index (χ1) is 15.9. The molecule has 0 heterocycles. The molecular weight excluding hydrogens is 442 g/mol. The lowest BCUT2D eigenvalue weighted by atomic mass is 10.1. The summed E-state index contributed by atoms with van der Waals surface area (Å²) in [4.78, 5) is 11.7. The minimum atomic E-state index is -1.63. The molecule has 3 aromatic carbocycles. The third-order valence-electron chi connectivity index (χ3n) is 5.05. The van der Waals surface area contributed by atoms with Gasteiger partial charge >= 0.3 is 5.97 Å². The fourth-order valence-electron chi connectivity index (χ4n) is 3.28. The number of ether oxygens (including phenoxy) is 3. The molecule has 1 atom stereocenters. The van der Waals surface area contributed by atoms with Crippen molar-refractivity contribution < 1.29 is 28.3 Å². The Kier molecular flexibility index (Phi) is 8.46. The summed E-state index contributed by atoms with van der Waals surface area (Å²) < 4.78 is 32.4. The Morgan fingerprint density at radius 1 is 0.939 bits per heavy atom. The summed E-state index contributed by atoms with van der Waals surface area (Å²) >= 11 is 0. The number of rotatable bonds is 11. The number of benzene rings is 3. The molecule has 0 spiro atoms. The molecule has 3 rings (SSSR count). The Bertz CT molecular complexity index is 1130. The molecule has 0 radical (unpaired) electrons. The Balaban J connectivity index is 1.63. The molecule has 3 aromatic rings. The molecule has 0 aliphatic rings. The van der Waals surface area contributed by atoms with Crippen LogP contribution in [0.25, 0.3) is 0 Å². The van der Waals surface area contributed by atoms with Crippen molar-refractivity contribution >= 4 is 17.0 Å². The van der Waals surface area contributed by atoms with E-state index in [0.29, 0.717) is 47.3 Å². The van der Waals surface area contributed by atoms with Gasteiger partial charge in [-0.1, -0.05) is 36.4 Å². The molecule has 0 aliphatic heterocycles. The topological polar surface area (TPSA) is 94.1 Å². The summed E-state index contributed by atoms with van der Waals surface area (Å²) in [7, 11) is 1.42. The predicted molar refractivity (Wildman–Crippen MR) is 127 cm³/mol. The second-order valence-corrected chi connectivity index (χ2v) is 8.56. The first-order valence-corrected chi connectivity index (χ1v) is 11.5. The van der Waals surface area contributed by atoms with Crippen LogP contribution in [0.1, 0.15) is 27.0 Å². The van der Waals surface area contributed by atoms with E-state index in [1.807, 2.05) is 48.5 Å². The average molecular weight is 470 g/mol. The zero-order chi connectivity index (χ0) is 23.8. The van der Waals surface area contributed by atoms with Crippen LogP contribution >= 0.6 is 0 Å². The molecule has 0 saturated heterocycles. The summed E-state index contributed by atoms with van der Waals surface area (Å²) in [6.45, 7) is 2.51. The monoisotopic (exact) mass is 469 g/mol. The molecule has 1 unspecified atom stereocenters. The zero-order valence-corrected chi connectivity index (χ0v) is 19.6. The van der Waals surface area contributed by atoms with E-state index < -0.39 is 17.0 Å². The van der Waals surface area contributed by atoms with Crippen LogP contribution in [0.4, 0.5) is 0 Å². The van der Waals surface area contributed by atoms with E-state index >= 15 is 0 Å². The standard InChI is InChI=1S/C25H27NO6S/c1-17-13-23(31-3)24(15-20(17)25(27)28)33(29)26-12-11-18-9-10-21(22(14-18)30-2)32-16-19-7-5-4-6-8-19/h4-10,13-15,26H,11-12,16H2,1-3H3,(H,27,28). The van der Waals surface area contributed by atoms with Gasteiger partial charge < -0.3 is 19.3 Å². The van der Waals surface area contributed by atoms with Gasteiger partial charge in [0.1, 0.15) is 23.3 Å². The first-order valence-electron chi connectivity index (χ1n) is 10.3. The van der Waals surface area contributed by atoms with E-state index in [9.17, 15) is 14.1 Å². The molecular formula is C25H27NO6S. The van der Waals surface area contributed by atoms with E-state index in [-0.39, 0.29) is 5.56 Å². The van der Waals surface area contributed by atoms with E-state index in [4.69, 9.17) is 14.2 Å². The van der Waals surface area contributed by atoms with E-state index in [1.54, 1.807) is 20.1 Å². The van der Waals surface area contributed by atoms with Crippen molar-refractivity contribution in [3.63, 3.8) is 0 Å². The van der Waals surface area contributed by atoms with Crippen LogP contribution in [0.2, 0.25) is 0 Å². The number of carboxylic acids is 1. The largest absolute Gasteiger partial charge is 0.495 e. The second kappa shape index (κ2) is 11.5. The van der Waals surface area contributed by atoms with Crippen LogP contribution < -0.4 is 18.9 Å². The quantitative estimate of drug-likeness (QED) is 0.438. The fraction of sp³-hybridized carbons (Fsp3) is 0.240. The van der Waals surface area contributed by atoms with Crippen molar-refractivity contribution in [2.75, 3.05) is 20.8 Å². The van der Waals surface area contributed by atoms with Crippen LogP contribution in [0.3, 0.4) is 0 Å². The van der Waals surface area contributed by atoms with Gasteiger partial charge in [0, 0.05) is 6.54 Å². The highest BCUT2D eigenvalue weighted by atomic mass is 32.2. The van der Waals surface area contributed by atoms with Gasteiger partial charge in [0.25, 0.3) is 0 Å². The lowest BCUT2D eigenvalue weighted by Crippen LogP contribution is -2.21. The van der Waals surface area contributed by atoms with Gasteiger partial charge in [-0.25, -0.2) is 13.7 Å². The smallest absolute Gasteiger partial charge is 0.335 e. The number of carbonyl (C=O) groups is 1. The van der Waals surface area contributed by atoms with Crippen LogP contribution in [0, 0.1) is 6.92 Å². The van der Waals surface area contributed by atoms with Gasteiger partial charge in [0.05, 0.1) is 24.7 Å². The molecule has 2 N–H and O–H groups in total. The molecule has 0 aliphatic carbocycles. The molecule has 33 heavy (non-hydrogen) atoms. The molecule has 0 amide bonds. The Morgan fingerprint density at radius 2 is 1.67 bits per heavy atom. The van der Waals surface area contributed by atoms with E-state index in [1.165, 1.54) is 13.2 Å². The van der Waals surface area contributed by atoms with Crippen molar-refractivity contribution in [1.29, 1.82) is 0 Å². The molecule has 0 saturated carbocycles. The van der Waals surface area contributed by atoms with Gasteiger partial charge in [0.2, 0.25) is 0 Å². The van der Waals surface area contributed by atoms with Crippen molar-refractivity contribution in [2.45, 2.75) is 24.8 Å². The third kappa shape index (κ3) is 6.34. The predicted octanol–water partition coefficient (Wildman–Crippen LogP) is 4.14. The average Bonchev–Trinajstić information content (AvgIpc) is 2.83. The van der Waals surface area contributed by atoms with Gasteiger partial charge in [-0.15, -0.1) is 0 Å². The first kappa shape index (κ1) is 24.3. The van der Waals surface area contributed by atoms with Crippen LogP contribution in [-0.4, -0.2) is 36.0 Å². The third-order valence-corrected chi connectivity index (χ3v) is 6.24. The Morgan fingerprint density at radius 3 is 2.33 bits per heavy atom. The second-order valence-electron chi connectivity index (χ2n) is 7.30. The number of carboxylic acid groups (broad SMARTS) is 1. The number of hydrogen-bond acceptors (Lipinski definition) is 5. The highest BCUT2D eigenvalue weighted by Crippen LogP contribution is 2.29. The highest BCUT2D eigenvalue weighted by molar-refractivity contribution is 7.83. The summed E-state index contributed by atoms with van der Waals surface area (Å²) in [5.74, 6) is 0.572. The normalized spacial score (nSPS) is 11.6. The van der Waals surface area contributed by atoms with Crippen LogP contribution in [0.5, 0.6) is 17.2 Å². The van der Waals surface area contributed by atoms with Gasteiger partial charge in [-0.3, -0.25) is 0 Å². The van der Waals surface area contributed by atoms with Crippen molar-refractivity contribution in [3.8, 4) is 17.2 Å². The van der Waals surface area contributed by atoms with Crippen LogP contribution in [-0.2, 0) is 24.0 Å². The highest BCUT2D eigenvalue weighted by Gasteiger charge is 2.17. The zero-order valence-electron chi connectivity index (χ0n) is 18.8. The maximum atomic E-state index is 12.8. The molecule has 174 valence electrons. The fourth-order valence-corrected chi connectivity index (χ4v) is 4.28. The maximum Gasteiger partial charge on any atom is 0.335 e. The molecule has 7 nitrogen and oxygen atoms in total. The Hall–Kier alpha value is -3.36. The van der Waals surface area contributed by atoms with Gasteiger partial charge in [-0.05, 0) is 54.3 Å². The van der Waals surface area contributed by atoms with E-state index in [0.717, 1.165) is 11.1 Å². The SMILES string of the molecule is COc1cc(CCNS(=O)c2cc(C(=O)O)c(C)cc2OC)ccc1OCc1ccccc1. The van der Waals surface area contributed by atoms with Gasteiger partial charge in [0.15, 0.2) is 11.5 Å².